The zero-order chi connectivity index (χ0) is 28.8. The topological polar surface area (TPSA) is 78.5 Å². The Labute approximate surface area is 225 Å². The number of ether oxygens (including phenoxy) is 1. The van der Waals surface area contributed by atoms with Gasteiger partial charge in [0.1, 0.15) is 0 Å². The van der Waals surface area contributed by atoms with E-state index >= 15 is 0 Å². The number of benzene rings is 2. The minimum absolute atomic E-state index is 0.0104. The second kappa shape index (κ2) is 12.8. The fourth-order valence-electron chi connectivity index (χ4n) is 4.79. The van der Waals surface area contributed by atoms with Gasteiger partial charge in [-0.1, -0.05) is 68.5 Å². The van der Waals surface area contributed by atoms with Crippen molar-refractivity contribution in [2.45, 2.75) is 75.1 Å². The van der Waals surface area contributed by atoms with Gasteiger partial charge in [-0.15, -0.1) is 0 Å². The van der Waals surface area contributed by atoms with E-state index in [2.05, 4.69) is 5.32 Å². The van der Waals surface area contributed by atoms with Gasteiger partial charge in [-0.05, 0) is 53.6 Å². The van der Waals surface area contributed by atoms with E-state index in [1.54, 1.807) is 24.3 Å². The molecule has 0 bridgehead atoms. The van der Waals surface area contributed by atoms with Crippen LogP contribution in [0.3, 0.4) is 0 Å². The highest BCUT2D eigenvalue weighted by Gasteiger charge is 2.73. The van der Waals surface area contributed by atoms with Crippen molar-refractivity contribution >= 4 is 22.7 Å². The highest BCUT2D eigenvalue weighted by molar-refractivity contribution is 7.79. The standard InChI is InChI=1S/C27H31F6NO4S/c1-18(39(36)37)21-9-7-20(8-10-21)17-24(35)34-23-13-11-22(12-14-23)25(26(28,29)30,27(31,32)33)38-16-15-19-5-3-2-4-6-19/h7-14,18-19H,2-6,15-17H2,1H3,(H,34,35)(H,36,37)/p-1. The maximum Gasteiger partial charge on any atom is 0.430 e. The lowest BCUT2D eigenvalue weighted by Gasteiger charge is -2.38. The minimum atomic E-state index is -5.77. The third-order valence-electron chi connectivity index (χ3n) is 7.05. The van der Waals surface area contributed by atoms with Gasteiger partial charge in [-0.25, -0.2) is 0 Å². The number of hydrogen-bond acceptors (Lipinski definition) is 4. The first-order valence-corrected chi connectivity index (χ1v) is 13.7. The molecular weight excluding hydrogens is 548 g/mol. The van der Waals surface area contributed by atoms with Crippen molar-refractivity contribution in [2.75, 3.05) is 11.9 Å². The summed E-state index contributed by atoms with van der Waals surface area (Å²) in [4.78, 5) is 12.4. The smallest absolute Gasteiger partial charge is 0.430 e. The lowest BCUT2D eigenvalue weighted by Crippen LogP contribution is -2.56. The van der Waals surface area contributed by atoms with Crippen molar-refractivity contribution in [1.82, 2.24) is 0 Å². The van der Waals surface area contributed by atoms with Gasteiger partial charge in [0.2, 0.25) is 5.91 Å². The first-order chi connectivity index (χ1) is 18.2. The van der Waals surface area contributed by atoms with Crippen molar-refractivity contribution in [3.05, 3.63) is 65.2 Å². The Bertz CT molecular complexity index is 1100. The second-order valence-corrected chi connectivity index (χ2v) is 11.0. The summed E-state index contributed by atoms with van der Waals surface area (Å²) in [5, 5.41) is 1.71. The van der Waals surface area contributed by atoms with Gasteiger partial charge in [0, 0.05) is 23.1 Å². The summed E-state index contributed by atoms with van der Waals surface area (Å²) < 4.78 is 111. The van der Waals surface area contributed by atoms with E-state index in [0.29, 0.717) is 23.3 Å². The molecule has 2 unspecified atom stereocenters. The average Bonchev–Trinajstić information content (AvgIpc) is 2.86. The highest BCUT2D eigenvalue weighted by Crippen LogP contribution is 2.53. The number of anilines is 1. The molecule has 0 radical (unpaired) electrons. The summed E-state index contributed by atoms with van der Waals surface area (Å²) in [6, 6.07) is 9.50. The summed E-state index contributed by atoms with van der Waals surface area (Å²) in [5.74, 6) is -0.525. The van der Waals surface area contributed by atoms with E-state index in [9.17, 15) is 39.9 Å². The molecule has 1 saturated carbocycles. The highest BCUT2D eigenvalue weighted by atomic mass is 32.2. The molecule has 1 amide bonds. The summed E-state index contributed by atoms with van der Waals surface area (Å²) in [6.07, 6.45) is -7.26. The first-order valence-electron chi connectivity index (χ1n) is 12.6. The summed E-state index contributed by atoms with van der Waals surface area (Å²) in [6.45, 7) is 0.813. The maximum atomic E-state index is 14.0. The number of hydrogen-bond donors (Lipinski definition) is 1. The molecule has 1 aliphatic carbocycles. The number of amides is 1. The number of rotatable bonds is 10. The number of halogens is 6. The van der Waals surface area contributed by atoms with Gasteiger partial charge >= 0.3 is 12.4 Å². The van der Waals surface area contributed by atoms with Crippen LogP contribution < -0.4 is 5.32 Å². The average molecular weight is 579 g/mol. The summed E-state index contributed by atoms with van der Waals surface area (Å²) in [7, 11) is 0. The molecule has 1 fully saturated rings. The Morgan fingerprint density at radius 1 is 0.974 bits per heavy atom. The van der Waals surface area contributed by atoms with Crippen LogP contribution in [0.5, 0.6) is 0 Å². The Balaban J connectivity index is 1.72. The largest absolute Gasteiger partial charge is 0.772 e. The molecule has 12 heteroatoms. The molecule has 216 valence electrons. The van der Waals surface area contributed by atoms with Crippen LogP contribution >= 0.6 is 0 Å². The maximum absolute atomic E-state index is 14.0. The molecule has 0 aliphatic heterocycles. The van der Waals surface area contributed by atoms with Crippen LogP contribution in [0, 0.1) is 5.92 Å². The molecule has 1 aliphatic rings. The van der Waals surface area contributed by atoms with Crippen LogP contribution in [0.25, 0.3) is 0 Å². The zero-order valence-corrected chi connectivity index (χ0v) is 22.1. The SMILES string of the molecule is CC(c1ccc(CC(=O)Nc2ccc(C(OCCC3CCCCC3)(C(F)(F)F)C(F)(F)F)cc2)cc1)S(=O)[O-]. The molecular formula is C27H30F6NO4S-. The van der Waals surface area contributed by atoms with Crippen LogP contribution in [-0.4, -0.2) is 33.6 Å². The normalized spacial score (nSPS) is 17.0. The molecule has 2 atom stereocenters. The molecule has 39 heavy (non-hydrogen) atoms. The van der Waals surface area contributed by atoms with Gasteiger partial charge in [0.05, 0.1) is 6.42 Å². The van der Waals surface area contributed by atoms with Crippen molar-refractivity contribution in [3.8, 4) is 0 Å². The van der Waals surface area contributed by atoms with E-state index in [-0.39, 0.29) is 24.4 Å². The van der Waals surface area contributed by atoms with Crippen LogP contribution in [0.2, 0.25) is 0 Å². The molecule has 5 nitrogen and oxygen atoms in total. The van der Waals surface area contributed by atoms with Crippen LogP contribution in [0.15, 0.2) is 48.5 Å². The van der Waals surface area contributed by atoms with E-state index in [4.69, 9.17) is 4.74 Å². The van der Waals surface area contributed by atoms with Crippen LogP contribution in [0.4, 0.5) is 32.0 Å². The van der Waals surface area contributed by atoms with E-state index in [0.717, 1.165) is 44.2 Å². The zero-order valence-electron chi connectivity index (χ0n) is 21.2. The van der Waals surface area contributed by atoms with E-state index in [1.165, 1.54) is 6.92 Å². The van der Waals surface area contributed by atoms with Gasteiger partial charge in [0.25, 0.3) is 5.60 Å². The predicted octanol–water partition coefficient (Wildman–Crippen LogP) is 7.11. The molecule has 0 saturated heterocycles. The van der Waals surface area contributed by atoms with Crippen molar-refractivity contribution in [3.63, 3.8) is 0 Å². The monoisotopic (exact) mass is 578 g/mol. The van der Waals surface area contributed by atoms with E-state index < -0.39 is 52.4 Å². The Morgan fingerprint density at radius 2 is 1.54 bits per heavy atom. The van der Waals surface area contributed by atoms with Gasteiger partial charge < -0.3 is 14.6 Å². The van der Waals surface area contributed by atoms with Crippen LogP contribution in [0.1, 0.15) is 67.4 Å². The lowest BCUT2D eigenvalue weighted by molar-refractivity contribution is -0.390. The molecule has 3 rings (SSSR count). The molecule has 0 heterocycles. The van der Waals surface area contributed by atoms with E-state index in [1.807, 2.05) is 0 Å². The summed E-state index contributed by atoms with van der Waals surface area (Å²) >= 11 is -2.31. The number of nitrogens with one attached hydrogen (secondary N) is 1. The van der Waals surface area contributed by atoms with Crippen molar-refractivity contribution in [2.24, 2.45) is 5.92 Å². The fourth-order valence-corrected chi connectivity index (χ4v) is 5.17. The van der Waals surface area contributed by atoms with Crippen molar-refractivity contribution < 1.29 is 44.6 Å². The Hall–Kier alpha value is -2.44. The number of alkyl halides is 6. The molecule has 0 aromatic heterocycles. The van der Waals surface area contributed by atoms with Gasteiger partial charge in [-0.2, -0.15) is 26.3 Å². The number of carbonyl (C=O) groups excluding carboxylic acids is 1. The molecule has 0 spiro atoms. The lowest BCUT2D eigenvalue weighted by atomic mass is 9.87. The molecule has 2 aromatic carbocycles. The third-order valence-corrected chi connectivity index (χ3v) is 7.90. The third kappa shape index (κ3) is 7.61. The predicted molar refractivity (Wildman–Crippen MR) is 133 cm³/mol. The fraction of sp³-hybridized carbons (Fsp3) is 0.519. The quantitative estimate of drug-likeness (QED) is 0.241. The molecule has 2 aromatic rings. The van der Waals surface area contributed by atoms with Gasteiger partial charge in [-0.3, -0.25) is 9.00 Å². The minimum Gasteiger partial charge on any atom is -0.772 e. The Kier molecular flexibility index (Phi) is 10.2. The molecule has 1 N–H and O–H groups in total. The van der Waals surface area contributed by atoms with Crippen molar-refractivity contribution in [1.29, 1.82) is 0 Å². The van der Waals surface area contributed by atoms with Crippen LogP contribution in [-0.2, 0) is 32.6 Å². The first kappa shape index (κ1) is 31.1. The Morgan fingerprint density at radius 3 is 2.05 bits per heavy atom. The summed E-state index contributed by atoms with van der Waals surface area (Å²) in [5.41, 5.74) is -4.54. The van der Waals surface area contributed by atoms with Gasteiger partial charge in [0.15, 0.2) is 0 Å². The number of carbonyl (C=O) groups is 1. The second-order valence-electron chi connectivity index (χ2n) is 9.76.